The first kappa shape index (κ1) is 14.0. The third kappa shape index (κ3) is 2.74. The van der Waals surface area contributed by atoms with Crippen LogP contribution in [-0.2, 0) is 12.4 Å². The minimum absolute atomic E-state index is 0.450. The number of nitrogens with zero attached hydrogens (tertiary/aromatic N) is 3. The number of benzene rings is 1. The molecule has 0 saturated heterocycles. The summed E-state index contributed by atoms with van der Waals surface area (Å²) >= 11 is 6.17. The first-order chi connectivity index (χ1) is 10.3. The van der Waals surface area contributed by atoms with Crippen molar-refractivity contribution in [3.05, 3.63) is 66.0 Å². The van der Waals surface area contributed by atoms with E-state index in [4.69, 9.17) is 16.6 Å². The molecule has 3 nitrogen and oxygen atoms in total. The van der Waals surface area contributed by atoms with Crippen molar-refractivity contribution in [2.75, 3.05) is 11.4 Å². The van der Waals surface area contributed by atoms with Crippen LogP contribution in [0.2, 0.25) is 0 Å². The van der Waals surface area contributed by atoms with E-state index in [0.29, 0.717) is 5.88 Å². The molecule has 0 amide bonds. The van der Waals surface area contributed by atoms with Crippen LogP contribution in [-0.4, -0.2) is 15.9 Å². The number of halogens is 1. The zero-order valence-corrected chi connectivity index (χ0v) is 12.8. The highest BCUT2D eigenvalue weighted by molar-refractivity contribution is 6.17. The number of rotatable bonds is 5. The molecule has 2 aromatic heterocycles. The summed E-state index contributed by atoms with van der Waals surface area (Å²) < 4.78 is 2.07. The van der Waals surface area contributed by atoms with Crippen LogP contribution >= 0.6 is 11.6 Å². The Balaban J connectivity index is 2.00. The molecule has 108 valence electrons. The van der Waals surface area contributed by atoms with Crippen molar-refractivity contribution >= 4 is 23.1 Å². The summed E-state index contributed by atoms with van der Waals surface area (Å²) in [6.45, 7) is 3.87. The van der Waals surface area contributed by atoms with E-state index in [2.05, 4.69) is 40.5 Å². The molecule has 4 heteroatoms. The molecule has 0 radical (unpaired) electrons. The largest absolute Gasteiger partial charge is 0.351 e. The maximum atomic E-state index is 6.17. The van der Waals surface area contributed by atoms with Gasteiger partial charge in [0.2, 0.25) is 0 Å². The standard InChI is InChI=1S/C17H18ClN3/c1-2-20(13-14-8-4-3-5-9-14)17-15(12-18)21-11-7-6-10-16(21)19-17/h3-11H,2,12-13H2,1H3. The Morgan fingerprint density at radius 3 is 2.57 bits per heavy atom. The molecule has 1 aromatic carbocycles. The molecule has 0 spiro atoms. The normalized spacial score (nSPS) is 11.0. The van der Waals surface area contributed by atoms with Crippen LogP contribution in [0.4, 0.5) is 5.82 Å². The van der Waals surface area contributed by atoms with Crippen LogP contribution in [0, 0.1) is 0 Å². The van der Waals surface area contributed by atoms with Crippen molar-refractivity contribution in [3.8, 4) is 0 Å². The summed E-state index contributed by atoms with van der Waals surface area (Å²) in [6, 6.07) is 16.5. The first-order valence-electron chi connectivity index (χ1n) is 7.14. The summed E-state index contributed by atoms with van der Waals surface area (Å²) in [6.07, 6.45) is 2.01. The second kappa shape index (κ2) is 6.19. The highest BCUT2D eigenvalue weighted by atomic mass is 35.5. The van der Waals surface area contributed by atoms with Gasteiger partial charge >= 0.3 is 0 Å². The summed E-state index contributed by atoms with van der Waals surface area (Å²) in [7, 11) is 0. The lowest BCUT2D eigenvalue weighted by Gasteiger charge is -2.21. The molecule has 0 bridgehead atoms. The second-order valence-electron chi connectivity index (χ2n) is 4.94. The number of alkyl halides is 1. The van der Waals surface area contributed by atoms with Gasteiger partial charge in [0.15, 0.2) is 5.82 Å². The summed E-state index contributed by atoms with van der Waals surface area (Å²) in [5.74, 6) is 1.42. The van der Waals surface area contributed by atoms with Crippen molar-refractivity contribution in [1.82, 2.24) is 9.38 Å². The van der Waals surface area contributed by atoms with E-state index in [1.807, 2.05) is 30.5 Å². The van der Waals surface area contributed by atoms with Crippen molar-refractivity contribution in [1.29, 1.82) is 0 Å². The molecule has 3 rings (SSSR count). The molecule has 0 aliphatic heterocycles. The van der Waals surface area contributed by atoms with Crippen LogP contribution in [0.25, 0.3) is 5.65 Å². The molecule has 0 unspecified atom stereocenters. The van der Waals surface area contributed by atoms with Gasteiger partial charge in [-0.1, -0.05) is 36.4 Å². The maximum Gasteiger partial charge on any atom is 0.152 e. The first-order valence-corrected chi connectivity index (χ1v) is 7.67. The second-order valence-corrected chi connectivity index (χ2v) is 5.21. The highest BCUT2D eigenvalue weighted by Crippen LogP contribution is 2.24. The van der Waals surface area contributed by atoms with Crippen molar-refractivity contribution < 1.29 is 0 Å². The van der Waals surface area contributed by atoms with Crippen molar-refractivity contribution in [2.45, 2.75) is 19.3 Å². The molecule has 0 aliphatic rings. The third-order valence-corrected chi connectivity index (χ3v) is 3.88. The van der Waals surface area contributed by atoms with Gasteiger partial charge < -0.3 is 9.30 Å². The van der Waals surface area contributed by atoms with Gasteiger partial charge in [-0.25, -0.2) is 4.98 Å². The summed E-state index contributed by atoms with van der Waals surface area (Å²) in [5, 5.41) is 0. The predicted octanol–water partition coefficient (Wildman–Crippen LogP) is 4.10. The minimum atomic E-state index is 0.450. The Kier molecular flexibility index (Phi) is 4.11. The Labute approximate surface area is 129 Å². The van der Waals surface area contributed by atoms with Gasteiger partial charge in [-0.15, -0.1) is 11.6 Å². The number of pyridine rings is 1. The van der Waals surface area contributed by atoms with Gasteiger partial charge in [-0.3, -0.25) is 0 Å². The lowest BCUT2D eigenvalue weighted by Crippen LogP contribution is -2.23. The molecule has 21 heavy (non-hydrogen) atoms. The van der Waals surface area contributed by atoms with E-state index >= 15 is 0 Å². The van der Waals surface area contributed by atoms with E-state index in [-0.39, 0.29) is 0 Å². The zero-order chi connectivity index (χ0) is 14.7. The molecular weight excluding hydrogens is 282 g/mol. The van der Waals surface area contributed by atoms with Crippen LogP contribution in [0.1, 0.15) is 18.2 Å². The van der Waals surface area contributed by atoms with Crippen LogP contribution < -0.4 is 4.90 Å². The van der Waals surface area contributed by atoms with Gasteiger partial charge in [-0.2, -0.15) is 0 Å². The van der Waals surface area contributed by atoms with Gasteiger partial charge in [0.05, 0.1) is 11.6 Å². The van der Waals surface area contributed by atoms with Gasteiger partial charge in [0.1, 0.15) is 5.65 Å². The van der Waals surface area contributed by atoms with Crippen molar-refractivity contribution in [2.24, 2.45) is 0 Å². The molecule has 0 atom stereocenters. The number of aromatic nitrogens is 2. The predicted molar refractivity (Wildman–Crippen MR) is 87.9 cm³/mol. The van der Waals surface area contributed by atoms with Crippen LogP contribution in [0.5, 0.6) is 0 Å². The van der Waals surface area contributed by atoms with E-state index in [9.17, 15) is 0 Å². The Bertz CT molecular complexity index is 721. The smallest absolute Gasteiger partial charge is 0.152 e. The van der Waals surface area contributed by atoms with E-state index in [1.54, 1.807) is 0 Å². The Morgan fingerprint density at radius 1 is 1.10 bits per heavy atom. The van der Waals surface area contributed by atoms with E-state index < -0.39 is 0 Å². The number of anilines is 1. The Morgan fingerprint density at radius 2 is 1.86 bits per heavy atom. The number of fused-ring (bicyclic) bond motifs is 1. The molecule has 0 N–H and O–H groups in total. The fourth-order valence-corrected chi connectivity index (χ4v) is 2.80. The lowest BCUT2D eigenvalue weighted by molar-refractivity contribution is 0.812. The van der Waals surface area contributed by atoms with Gasteiger partial charge in [0.25, 0.3) is 0 Å². The fourth-order valence-electron chi connectivity index (χ4n) is 2.55. The lowest BCUT2D eigenvalue weighted by atomic mass is 10.2. The van der Waals surface area contributed by atoms with Crippen LogP contribution in [0.3, 0.4) is 0 Å². The number of imidazole rings is 1. The molecule has 2 heterocycles. The quantitative estimate of drug-likeness (QED) is 0.661. The van der Waals surface area contributed by atoms with E-state index in [0.717, 1.165) is 30.2 Å². The molecule has 0 saturated carbocycles. The zero-order valence-electron chi connectivity index (χ0n) is 12.0. The number of hydrogen-bond acceptors (Lipinski definition) is 2. The molecule has 0 aliphatic carbocycles. The average Bonchev–Trinajstić information content (AvgIpc) is 2.92. The monoisotopic (exact) mass is 299 g/mol. The van der Waals surface area contributed by atoms with Crippen molar-refractivity contribution in [3.63, 3.8) is 0 Å². The third-order valence-electron chi connectivity index (χ3n) is 3.63. The van der Waals surface area contributed by atoms with Gasteiger partial charge in [-0.05, 0) is 24.6 Å². The van der Waals surface area contributed by atoms with Crippen LogP contribution in [0.15, 0.2) is 54.7 Å². The summed E-state index contributed by atoms with van der Waals surface area (Å²) in [5.41, 5.74) is 3.26. The molecule has 3 aromatic rings. The minimum Gasteiger partial charge on any atom is -0.351 e. The van der Waals surface area contributed by atoms with E-state index in [1.165, 1.54) is 5.56 Å². The molecular formula is C17H18ClN3. The fraction of sp³-hybridized carbons (Fsp3) is 0.235. The SMILES string of the molecule is CCN(Cc1ccccc1)c1nc2ccccn2c1CCl. The average molecular weight is 300 g/mol. The maximum absolute atomic E-state index is 6.17. The topological polar surface area (TPSA) is 20.5 Å². The highest BCUT2D eigenvalue weighted by Gasteiger charge is 2.16. The summed E-state index contributed by atoms with van der Waals surface area (Å²) in [4.78, 5) is 7.02. The molecule has 0 fully saturated rings. The Hall–Kier alpha value is -2.00. The van der Waals surface area contributed by atoms with Gasteiger partial charge in [0, 0.05) is 19.3 Å². The number of hydrogen-bond donors (Lipinski definition) is 0.